The van der Waals surface area contributed by atoms with Crippen molar-refractivity contribution in [3.05, 3.63) is 64.4 Å². The molecule has 22 heavy (non-hydrogen) atoms. The van der Waals surface area contributed by atoms with Crippen LogP contribution in [0.1, 0.15) is 11.1 Å². The van der Waals surface area contributed by atoms with Crippen molar-refractivity contribution in [1.82, 2.24) is 0 Å². The van der Waals surface area contributed by atoms with Gasteiger partial charge in [-0.1, -0.05) is 23.7 Å². The molecule has 3 nitrogen and oxygen atoms in total. The van der Waals surface area contributed by atoms with E-state index in [4.69, 9.17) is 26.3 Å². The average Bonchev–Trinajstić information content (AvgIpc) is 2.51. The summed E-state index contributed by atoms with van der Waals surface area (Å²) in [4.78, 5) is 0. The maximum absolute atomic E-state index is 13.1. The quantitative estimate of drug-likeness (QED) is 0.757. The molecule has 0 bridgehead atoms. The van der Waals surface area contributed by atoms with Crippen LogP contribution >= 0.6 is 11.6 Å². The predicted octanol–water partition coefficient (Wildman–Crippen LogP) is 4.60. The summed E-state index contributed by atoms with van der Waals surface area (Å²) in [6.45, 7) is 0.168. The first-order valence-electron chi connectivity index (χ1n) is 6.45. The molecule has 0 radical (unpaired) electrons. The second kappa shape index (κ2) is 7.48. The molecule has 0 fully saturated rings. The van der Waals surface area contributed by atoms with Gasteiger partial charge in [0.05, 0.1) is 18.2 Å². The first-order chi connectivity index (χ1) is 10.6. The van der Waals surface area contributed by atoms with Crippen LogP contribution in [-0.4, -0.2) is 7.11 Å². The Morgan fingerprint density at radius 3 is 2.82 bits per heavy atom. The molecule has 0 heterocycles. The van der Waals surface area contributed by atoms with Gasteiger partial charge in [-0.15, -0.1) is 0 Å². The van der Waals surface area contributed by atoms with Gasteiger partial charge in [-0.3, -0.25) is 0 Å². The molecule has 0 aliphatic heterocycles. The standard InChI is InChI=1S/C17H13ClFNO2/c1-21-16-10-12(5-3-7-20)9-15(18)17(16)22-11-13-4-2-6-14(19)8-13/h2-6,8-10H,11H2,1H3. The Morgan fingerprint density at radius 1 is 1.32 bits per heavy atom. The van der Waals surface area contributed by atoms with Crippen LogP contribution in [0.5, 0.6) is 11.5 Å². The van der Waals surface area contributed by atoms with Crippen LogP contribution in [0, 0.1) is 17.1 Å². The second-order valence-electron chi connectivity index (χ2n) is 4.42. The van der Waals surface area contributed by atoms with E-state index in [-0.39, 0.29) is 12.4 Å². The highest BCUT2D eigenvalue weighted by Crippen LogP contribution is 2.37. The van der Waals surface area contributed by atoms with Crippen molar-refractivity contribution in [3.8, 4) is 17.6 Å². The number of benzene rings is 2. The molecule has 2 aromatic carbocycles. The third-order valence-corrected chi connectivity index (χ3v) is 3.16. The summed E-state index contributed by atoms with van der Waals surface area (Å²) < 4.78 is 24.1. The van der Waals surface area contributed by atoms with Crippen molar-refractivity contribution >= 4 is 17.7 Å². The summed E-state index contributed by atoms with van der Waals surface area (Å²) in [5, 5.41) is 8.91. The summed E-state index contributed by atoms with van der Waals surface area (Å²) in [7, 11) is 1.50. The van der Waals surface area contributed by atoms with Crippen LogP contribution in [0.4, 0.5) is 4.39 Å². The lowest BCUT2D eigenvalue weighted by Gasteiger charge is -2.13. The third-order valence-electron chi connectivity index (χ3n) is 2.87. The van der Waals surface area contributed by atoms with Crippen LogP contribution in [0.15, 0.2) is 42.5 Å². The smallest absolute Gasteiger partial charge is 0.180 e. The lowest BCUT2D eigenvalue weighted by atomic mass is 10.2. The second-order valence-corrected chi connectivity index (χ2v) is 4.82. The normalized spacial score (nSPS) is 10.5. The van der Waals surface area contributed by atoms with E-state index in [0.29, 0.717) is 22.1 Å². The van der Waals surface area contributed by atoms with Crippen molar-refractivity contribution in [2.75, 3.05) is 7.11 Å². The van der Waals surface area contributed by atoms with Crippen LogP contribution < -0.4 is 9.47 Å². The summed E-state index contributed by atoms with van der Waals surface area (Å²) >= 11 is 6.19. The maximum Gasteiger partial charge on any atom is 0.180 e. The minimum Gasteiger partial charge on any atom is -0.493 e. The van der Waals surface area contributed by atoms with Gasteiger partial charge < -0.3 is 9.47 Å². The number of rotatable bonds is 5. The van der Waals surface area contributed by atoms with E-state index in [1.165, 1.54) is 25.3 Å². The van der Waals surface area contributed by atoms with Crippen molar-refractivity contribution < 1.29 is 13.9 Å². The fraction of sp³-hybridized carbons (Fsp3) is 0.118. The van der Waals surface area contributed by atoms with Gasteiger partial charge in [-0.25, -0.2) is 4.39 Å². The molecule has 0 atom stereocenters. The average molecular weight is 318 g/mol. The Bertz CT molecular complexity index is 738. The van der Waals surface area contributed by atoms with Crippen LogP contribution in [-0.2, 0) is 6.61 Å². The van der Waals surface area contributed by atoms with E-state index >= 15 is 0 Å². The molecule has 0 aromatic heterocycles. The minimum absolute atomic E-state index is 0.168. The van der Waals surface area contributed by atoms with E-state index in [0.717, 1.165) is 5.56 Å². The number of methoxy groups -OCH3 is 1. The summed E-state index contributed by atoms with van der Waals surface area (Å²) in [6, 6.07) is 11.4. The molecular formula is C17H13ClFNO2. The zero-order valence-corrected chi connectivity index (χ0v) is 12.6. The molecular weight excluding hydrogens is 305 g/mol. The number of ether oxygens (including phenoxy) is 2. The monoisotopic (exact) mass is 317 g/mol. The minimum atomic E-state index is -0.323. The maximum atomic E-state index is 13.1. The Labute approximate surface area is 133 Å². The van der Waals surface area contributed by atoms with Crippen molar-refractivity contribution in [2.24, 2.45) is 0 Å². The Balaban J connectivity index is 2.23. The summed E-state index contributed by atoms with van der Waals surface area (Å²) in [5.74, 6) is 0.500. The first kappa shape index (κ1) is 15.9. The molecule has 0 aliphatic rings. The number of allylic oxidation sites excluding steroid dienone is 1. The van der Waals surface area contributed by atoms with Gasteiger partial charge in [0.25, 0.3) is 0 Å². The number of nitriles is 1. The highest BCUT2D eigenvalue weighted by Gasteiger charge is 2.11. The molecule has 2 aromatic rings. The van der Waals surface area contributed by atoms with Gasteiger partial charge >= 0.3 is 0 Å². The molecule has 5 heteroatoms. The van der Waals surface area contributed by atoms with Crippen molar-refractivity contribution in [2.45, 2.75) is 6.61 Å². The molecule has 0 spiro atoms. The van der Waals surface area contributed by atoms with E-state index in [1.807, 2.05) is 6.07 Å². The van der Waals surface area contributed by atoms with Gasteiger partial charge in [-0.05, 0) is 41.5 Å². The Kier molecular flexibility index (Phi) is 5.40. The van der Waals surface area contributed by atoms with Crippen LogP contribution in [0.2, 0.25) is 5.02 Å². The van der Waals surface area contributed by atoms with Gasteiger partial charge in [0.15, 0.2) is 11.5 Å². The first-order valence-corrected chi connectivity index (χ1v) is 6.83. The molecule has 112 valence electrons. The number of hydrogen-bond donors (Lipinski definition) is 0. The van der Waals surface area contributed by atoms with E-state index in [1.54, 1.807) is 30.3 Å². The third kappa shape index (κ3) is 4.00. The zero-order chi connectivity index (χ0) is 15.9. The number of halogens is 2. The largest absolute Gasteiger partial charge is 0.493 e. The number of hydrogen-bond acceptors (Lipinski definition) is 3. The molecule has 0 unspecified atom stereocenters. The van der Waals surface area contributed by atoms with E-state index in [9.17, 15) is 4.39 Å². The van der Waals surface area contributed by atoms with E-state index < -0.39 is 0 Å². The molecule has 0 N–H and O–H groups in total. The molecule has 2 rings (SSSR count). The summed E-state index contributed by atoms with van der Waals surface area (Å²) in [5.41, 5.74) is 1.41. The van der Waals surface area contributed by atoms with Gasteiger partial charge in [-0.2, -0.15) is 5.26 Å². The molecule has 0 saturated carbocycles. The molecule has 0 saturated heterocycles. The van der Waals surface area contributed by atoms with Crippen LogP contribution in [0.3, 0.4) is 0 Å². The van der Waals surface area contributed by atoms with Crippen molar-refractivity contribution in [3.63, 3.8) is 0 Å². The topological polar surface area (TPSA) is 42.2 Å². The highest BCUT2D eigenvalue weighted by atomic mass is 35.5. The van der Waals surface area contributed by atoms with Crippen LogP contribution in [0.25, 0.3) is 6.08 Å². The lowest BCUT2D eigenvalue weighted by Crippen LogP contribution is -1.99. The highest BCUT2D eigenvalue weighted by molar-refractivity contribution is 6.32. The van der Waals surface area contributed by atoms with Gasteiger partial charge in [0.1, 0.15) is 12.4 Å². The van der Waals surface area contributed by atoms with Gasteiger partial charge in [0, 0.05) is 6.08 Å². The van der Waals surface area contributed by atoms with Gasteiger partial charge in [0.2, 0.25) is 0 Å². The zero-order valence-electron chi connectivity index (χ0n) is 11.8. The summed E-state index contributed by atoms with van der Waals surface area (Å²) in [6.07, 6.45) is 2.96. The van der Waals surface area contributed by atoms with Crippen molar-refractivity contribution in [1.29, 1.82) is 5.26 Å². The fourth-order valence-corrected chi connectivity index (χ4v) is 2.17. The lowest BCUT2D eigenvalue weighted by molar-refractivity contribution is 0.284. The Morgan fingerprint density at radius 2 is 2.14 bits per heavy atom. The Hall–Kier alpha value is -2.51. The fourth-order valence-electron chi connectivity index (χ4n) is 1.89. The molecule has 0 aliphatic carbocycles. The molecule has 0 amide bonds. The SMILES string of the molecule is COc1cc(C=CC#N)cc(Cl)c1OCc1cccc(F)c1. The van der Waals surface area contributed by atoms with E-state index in [2.05, 4.69) is 0 Å². The predicted molar refractivity (Wildman–Crippen MR) is 83.4 cm³/mol. The number of nitrogens with zero attached hydrogens (tertiary/aromatic N) is 1.